The monoisotopic (exact) mass is 236 g/mol. The molecule has 0 bridgehead atoms. The van der Waals surface area contributed by atoms with Crippen LogP contribution < -0.4 is 5.56 Å². The van der Waals surface area contributed by atoms with E-state index >= 15 is 0 Å². The Labute approximate surface area is 97.0 Å². The smallest absolute Gasteiger partial charge is 0.265 e. The van der Waals surface area contributed by atoms with Crippen molar-refractivity contribution in [3.8, 4) is 0 Å². The highest BCUT2D eigenvalue weighted by atomic mass is 32.1. The molecule has 0 aliphatic heterocycles. The summed E-state index contributed by atoms with van der Waals surface area (Å²) in [4.78, 5) is 15.1. The molecule has 16 heavy (non-hydrogen) atoms. The van der Waals surface area contributed by atoms with Crippen molar-refractivity contribution in [1.82, 2.24) is 19.3 Å². The predicted molar refractivity (Wildman–Crippen MR) is 65.0 cm³/mol. The van der Waals surface area contributed by atoms with E-state index in [4.69, 9.17) is 12.2 Å². The second kappa shape index (κ2) is 3.71. The third-order valence-corrected chi connectivity index (χ3v) is 2.64. The van der Waals surface area contributed by atoms with Crippen molar-refractivity contribution in [3.05, 3.63) is 33.5 Å². The largest absolute Gasteiger partial charge is 0.316 e. The number of aromatic amines is 1. The van der Waals surface area contributed by atoms with E-state index in [9.17, 15) is 4.79 Å². The van der Waals surface area contributed by atoms with E-state index in [0.717, 1.165) is 5.57 Å². The SMILES string of the molecule is C=C(C)Cn1c(=S)[nH]c2c(cnn2C)c1=O. The zero-order valence-corrected chi connectivity index (χ0v) is 9.97. The van der Waals surface area contributed by atoms with Crippen LogP contribution >= 0.6 is 12.2 Å². The maximum Gasteiger partial charge on any atom is 0.265 e. The van der Waals surface area contributed by atoms with E-state index in [1.807, 2.05) is 6.92 Å². The molecule has 0 spiro atoms. The first-order chi connectivity index (χ1) is 7.50. The number of hydrogen-bond acceptors (Lipinski definition) is 3. The zero-order chi connectivity index (χ0) is 11.9. The molecule has 0 radical (unpaired) electrons. The molecular weight excluding hydrogens is 224 g/mol. The van der Waals surface area contributed by atoms with Gasteiger partial charge in [-0.05, 0) is 19.1 Å². The molecule has 0 aliphatic carbocycles. The summed E-state index contributed by atoms with van der Waals surface area (Å²) in [5, 5.41) is 4.56. The maximum absolute atomic E-state index is 12.1. The quantitative estimate of drug-likeness (QED) is 0.633. The van der Waals surface area contributed by atoms with Crippen LogP contribution in [0.25, 0.3) is 11.0 Å². The fourth-order valence-corrected chi connectivity index (χ4v) is 1.81. The van der Waals surface area contributed by atoms with Crippen molar-refractivity contribution in [3.63, 3.8) is 0 Å². The first-order valence-corrected chi connectivity index (χ1v) is 5.20. The van der Waals surface area contributed by atoms with Gasteiger partial charge in [0.2, 0.25) is 0 Å². The highest BCUT2D eigenvalue weighted by Gasteiger charge is 2.08. The minimum absolute atomic E-state index is 0.130. The van der Waals surface area contributed by atoms with Crippen molar-refractivity contribution in [2.24, 2.45) is 7.05 Å². The zero-order valence-electron chi connectivity index (χ0n) is 9.15. The van der Waals surface area contributed by atoms with E-state index in [1.165, 1.54) is 10.8 Å². The summed E-state index contributed by atoms with van der Waals surface area (Å²) in [5.74, 6) is 0. The van der Waals surface area contributed by atoms with Gasteiger partial charge in [-0.25, -0.2) is 0 Å². The first-order valence-electron chi connectivity index (χ1n) is 4.80. The topological polar surface area (TPSA) is 55.6 Å². The number of H-pyrrole nitrogens is 1. The fourth-order valence-electron chi connectivity index (χ4n) is 1.56. The van der Waals surface area contributed by atoms with Gasteiger partial charge in [0, 0.05) is 13.6 Å². The van der Waals surface area contributed by atoms with Crippen LogP contribution in [0.3, 0.4) is 0 Å². The molecule has 0 aromatic carbocycles. The Balaban J connectivity index is 2.82. The van der Waals surface area contributed by atoms with Gasteiger partial charge in [0.25, 0.3) is 5.56 Å². The molecule has 2 rings (SSSR count). The van der Waals surface area contributed by atoms with E-state index in [-0.39, 0.29) is 5.56 Å². The van der Waals surface area contributed by atoms with Crippen LogP contribution in [0.1, 0.15) is 6.92 Å². The van der Waals surface area contributed by atoms with Gasteiger partial charge in [-0.15, -0.1) is 0 Å². The molecule has 0 saturated carbocycles. The van der Waals surface area contributed by atoms with Crippen molar-refractivity contribution >= 4 is 23.3 Å². The molecule has 0 amide bonds. The number of allylic oxidation sites excluding steroid dienone is 1. The molecule has 0 aliphatic rings. The van der Waals surface area contributed by atoms with Crippen LogP contribution in [-0.2, 0) is 13.6 Å². The number of rotatable bonds is 2. The van der Waals surface area contributed by atoms with Crippen LogP contribution in [0.5, 0.6) is 0 Å². The molecule has 5 nitrogen and oxygen atoms in total. The summed E-state index contributed by atoms with van der Waals surface area (Å²) < 4.78 is 3.48. The van der Waals surface area contributed by atoms with Crippen LogP contribution in [-0.4, -0.2) is 19.3 Å². The maximum atomic E-state index is 12.1. The van der Waals surface area contributed by atoms with Gasteiger partial charge in [-0.1, -0.05) is 12.2 Å². The van der Waals surface area contributed by atoms with Gasteiger partial charge >= 0.3 is 0 Å². The predicted octanol–water partition coefficient (Wildman–Crippen LogP) is 1.37. The summed E-state index contributed by atoms with van der Waals surface area (Å²) in [6, 6.07) is 0. The Kier molecular flexibility index (Phi) is 2.51. The molecule has 0 unspecified atom stereocenters. The number of nitrogens with one attached hydrogen (secondary N) is 1. The van der Waals surface area contributed by atoms with Gasteiger partial charge in [0.05, 0.1) is 6.20 Å². The van der Waals surface area contributed by atoms with E-state index in [2.05, 4.69) is 16.7 Å². The number of nitrogens with zero attached hydrogens (tertiary/aromatic N) is 3. The standard InChI is InChI=1S/C10H12N4OS/c1-6(2)5-14-9(15)7-4-11-13(3)8(7)12-10(14)16/h4H,1,5H2,2-3H3,(H,12,16). The Hall–Kier alpha value is -1.69. The van der Waals surface area contributed by atoms with Crippen molar-refractivity contribution in [2.75, 3.05) is 0 Å². The summed E-state index contributed by atoms with van der Waals surface area (Å²) in [6.45, 7) is 6.06. The lowest BCUT2D eigenvalue weighted by atomic mass is 10.3. The van der Waals surface area contributed by atoms with Crippen LogP contribution in [0, 0.1) is 4.77 Å². The molecule has 2 aromatic heterocycles. The normalized spacial score (nSPS) is 10.9. The number of fused-ring (bicyclic) bond motifs is 1. The van der Waals surface area contributed by atoms with E-state index in [1.54, 1.807) is 11.7 Å². The molecule has 2 aromatic rings. The molecule has 1 N–H and O–H groups in total. The van der Waals surface area contributed by atoms with Gasteiger partial charge in [-0.2, -0.15) is 5.10 Å². The Morgan fingerprint density at radius 1 is 1.69 bits per heavy atom. The summed E-state index contributed by atoms with van der Waals surface area (Å²) in [7, 11) is 1.76. The summed E-state index contributed by atoms with van der Waals surface area (Å²) in [5.41, 5.74) is 1.40. The number of aryl methyl sites for hydroxylation is 1. The highest BCUT2D eigenvalue weighted by molar-refractivity contribution is 7.71. The van der Waals surface area contributed by atoms with Crippen molar-refractivity contribution < 1.29 is 0 Å². The fraction of sp³-hybridized carbons (Fsp3) is 0.300. The van der Waals surface area contributed by atoms with Crippen LogP contribution in [0.4, 0.5) is 0 Å². The Morgan fingerprint density at radius 2 is 2.38 bits per heavy atom. The second-order valence-corrected chi connectivity index (χ2v) is 4.20. The Bertz CT molecular complexity index is 676. The van der Waals surface area contributed by atoms with Gasteiger partial charge in [-0.3, -0.25) is 14.0 Å². The highest BCUT2D eigenvalue weighted by Crippen LogP contribution is 2.05. The lowest BCUT2D eigenvalue weighted by Gasteiger charge is -2.05. The molecule has 0 saturated heterocycles. The van der Waals surface area contributed by atoms with Gasteiger partial charge in [0.1, 0.15) is 11.0 Å². The molecular formula is C10H12N4OS. The minimum atomic E-state index is -0.130. The van der Waals surface area contributed by atoms with E-state index in [0.29, 0.717) is 22.3 Å². The van der Waals surface area contributed by atoms with Gasteiger partial charge < -0.3 is 4.98 Å². The first kappa shape index (κ1) is 10.8. The average molecular weight is 236 g/mol. The number of aromatic nitrogens is 4. The summed E-state index contributed by atoms with van der Waals surface area (Å²) >= 11 is 5.14. The van der Waals surface area contributed by atoms with Crippen molar-refractivity contribution in [2.45, 2.75) is 13.5 Å². The summed E-state index contributed by atoms with van der Waals surface area (Å²) in [6.07, 6.45) is 1.54. The molecule has 0 fully saturated rings. The van der Waals surface area contributed by atoms with Crippen molar-refractivity contribution in [1.29, 1.82) is 0 Å². The van der Waals surface area contributed by atoms with Gasteiger partial charge in [0.15, 0.2) is 4.77 Å². The third kappa shape index (κ3) is 1.61. The lowest BCUT2D eigenvalue weighted by Crippen LogP contribution is -2.22. The Morgan fingerprint density at radius 3 is 3.00 bits per heavy atom. The molecule has 2 heterocycles. The molecule has 6 heteroatoms. The minimum Gasteiger partial charge on any atom is -0.316 e. The molecule has 84 valence electrons. The third-order valence-electron chi connectivity index (χ3n) is 2.31. The van der Waals surface area contributed by atoms with E-state index < -0.39 is 0 Å². The van der Waals surface area contributed by atoms with Crippen LogP contribution in [0.2, 0.25) is 0 Å². The average Bonchev–Trinajstić information content (AvgIpc) is 2.55. The second-order valence-electron chi connectivity index (χ2n) is 3.81. The number of hydrogen-bond donors (Lipinski definition) is 1. The van der Waals surface area contributed by atoms with Crippen LogP contribution in [0.15, 0.2) is 23.1 Å². The molecule has 0 atom stereocenters. The lowest BCUT2D eigenvalue weighted by molar-refractivity contribution is 0.717.